The van der Waals surface area contributed by atoms with Crippen molar-refractivity contribution in [2.75, 3.05) is 0 Å². The van der Waals surface area contributed by atoms with Crippen LogP contribution < -0.4 is 11.3 Å². The molecule has 0 aliphatic carbocycles. The first kappa shape index (κ1) is 15.3. The van der Waals surface area contributed by atoms with E-state index in [2.05, 4.69) is 27.9 Å². The molecular formula is C14H20BrFN2. The Labute approximate surface area is 117 Å². The molecule has 0 aromatic heterocycles. The fourth-order valence-electron chi connectivity index (χ4n) is 1.93. The third-order valence-corrected chi connectivity index (χ3v) is 3.57. The van der Waals surface area contributed by atoms with Gasteiger partial charge in [0, 0.05) is 11.6 Å². The van der Waals surface area contributed by atoms with Crippen LogP contribution in [0.2, 0.25) is 0 Å². The number of unbranched alkanes of at least 4 members (excludes halogenated alkanes) is 3. The fourth-order valence-corrected chi connectivity index (χ4v) is 2.31. The van der Waals surface area contributed by atoms with E-state index in [9.17, 15) is 4.39 Å². The van der Waals surface area contributed by atoms with Gasteiger partial charge in [0.15, 0.2) is 0 Å². The van der Waals surface area contributed by atoms with Crippen molar-refractivity contribution in [1.29, 1.82) is 0 Å². The maximum absolute atomic E-state index is 13.9. The lowest BCUT2D eigenvalue weighted by molar-refractivity contribution is 0.461. The van der Waals surface area contributed by atoms with Crippen LogP contribution >= 0.6 is 15.9 Å². The largest absolute Gasteiger partial charge is 0.271 e. The van der Waals surface area contributed by atoms with E-state index in [1.807, 2.05) is 12.1 Å². The molecular weight excluding hydrogens is 295 g/mol. The predicted octanol–water partition coefficient (Wildman–Crippen LogP) is 4.23. The SMILES string of the molecule is C=CCCCCCC(NN)c1cccc(Br)c1F. The number of hydrazine groups is 1. The lowest BCUT2D eigenvalue weighted by Gasteiger charge is -2.17. The van der Waals surface area contributed by atoms with Crippen molar-refractivity contribution < 1.29 is 4.39 Å². The first-order valence-corrected chi connectivity index (χ1v) is 7.01. The molecule has 1 rings (SSSR count). The molecule has 0 fully saturated rings. The van der Waals surface area contributed by atoms with Crippen molar-refractivity contribution in [3.05, 3.63) is 46.7 Å². The summed E-state index contributed by atoms with van der Waals surface area (Å²) in [5.74, 6) is 5.29. The number of halogens is 2. The minimum atomic E-state index is -0.230. The second kappa shape index (κ2) is 8.40. The maximum Gasteiger partial charge on any atom is 0.142 e. The van der Waals surface area contributed by atoms with E-state index in [1.54, 1.807) is 12.1 Å². The van der Waals surface area contributed by atoms with Crippen molar-refractivity contribution in [1.82, 2.24) is 5.43 Å². The minimum Gasteiger partial charge on any atom is -0.271 e. The van der Waals surface area contributed by atoms with E-state index in [4.69, 9.17) is 5.84 Å². The van der Waals surface area contributed by atoms with Crippen LogP contribution in [-0.2, 0) is 0 Å². The zero-order chi connectivity index (χ0) is 13.4. The van der Waals surface area contributed by atoms with Gasteiger partial charge in [-0.15, -0.1) is 6.58 Å². The van der Waals surface area contributed by atoms with Crippen LogP contribution in [-0.4, -0.2) is 0 Å². The van der Waals surface area contributed by atoms with Crippen LogP contribution in [0.25, 0.3) is 0 Å². The van der Waals surface area contributed by atoms with Crippen molar-refractivity contribution in [2.45, 2.75) is 38.1 Å². The molecule has 1 atom stereocenters. The number of nitrogens with one attached hydrogen (secondary N) is 1. The number of benzene rings is 1. The number of hydrogen-bond acceptors (Lipinski definition) is 2. The van der Waals surface area contributed by atoms with Gasteiger partial charge in [0.05, 0.1) is 4.47 Å². The summed E-state index contributed by atoms with van der Waals surface area (Å²) in [4.78, 5) is 0. The van der Waals surface area contributed by atoms with Gasteiger partial charge in [-0.05, 0) is 41.3 Å². The van der Waals surface area contributed by atoms with Crippen LogP contribution in [0, 0.1) is 5.82 Å². The Morgan fingerprint density at radius 2 is 2.17 bits per heavy atom. The van der Waals surface area contributed by atoms with Crippen molar-refractivity contribution in [3.63, 3.8) is 0 Å². The number of hydrogen-bond donors (Lipinski definition) is 2. The van der Waals surface area contributed by atoms with E-state index in [-0.39, 0.29) is 11.9 Å². The fraction of sp³-hybridized carbons (Fsp3) is 0.429. The van der Waals surface area contributed by atoms with Crippen LogP contribution in [0.3, 0.4) is 0 Å². The third-order valence-electron chi connectivity index (χ3n) is 2.96. The molecule has 3 N–H and O–H groups in total. The first-order valence-electron chi connectivity index (χ1n) is 6.21. The van der Waals surface area contributed by atoms with Gasteiger partial charge in [-0.1, -0.05) is 31.1 Å². The molecule has 0 saturated carbocycles. The Bertz CT molecular complexity index is 382. The summed E-state index contributed by atoms with van der Waals surface area (Å²) >= 11 is 3.19. The van der Waals surface area contributed by atoms with Crippen molar-refractivity contribution in [2.24, 2.45) is 5.84 Å². The summed E-state index contributed by atoms with van der Waals surface area (Å²) in [6.07, 6.45) is 7.05. The third kappa shape index (κ3) is 4.52. The zero-order valence-electron chi connectivity index (χ0n) is 10.5. The van der Waals surface area contributed by atoms with Crippen molar-refractivity contribution >= 4 is 15.9 Å². The molecule has 0 amide bonds. The number of nitrogens with two attached hydrogens (primary N) is 1. The Hall–Kier alpha value is -0.710. The molecule has 1 unspecified atom stereocenters. The monoisotopic (exact) mass is 314 g/mol. The highest BCUT2D eigenvalue weighted by atomic mass is 79.9. The molecule has 0 bridgehead atoms. The minimum absolute atomic E-state index is 0.133. The van der Waals surface area contributed by atoms with Crippen LogP contribution in [0.15, 0.2) is 35.3 Å². The second-order valence-electron chi connectivity index (χ2n) is 4.29. The molecule has 0 saturated heterocycles. The standard InChI is InChI=1S/C14H20BrFN2/c1-2-3-4-5-6-10-13(18-17)11-8-7-9-12(15)14(11)16/h2,7-9,13,18H,1,3-6,10,17H2. The van der Waals surface area contributed by atoms with Gasteiger partial charge < -0.3 is 0 Å². The zero-order valence-corrected chi connectivity index (χ0v) is 12.0. The average Bonchev–Trinajstić information content (AvgIpc) is 2.38. The molecule has 0 heterocycles. The van der Waals surface area contributed by atoms with E-state index in [1.165, 1.54) is 0 Å². The Balaban J connectivity index is 2.55. The Morgan fingerprint density at radius 3 is 2.83 bits per heavy atom. The van der Waals surface area contributed by atoms with Gasteiger partial charge >= 0.3 is 0 Å². The molecule has 1 aromatic carbocycles. The van der Waals surface area contributed by atoms with Gasteiger partial charge in [-0.25, -0.2) is 4.39 Å². The quantitative estimate of drug-likeness (QED) is 0.326. The molecule has 0 radical (unpaired) electrons. The van der Waals surface area contributed by atoms with Gasteiger partial charge in [0.1, 0.15) is 5.82 Å². The summed E-state index contributed by atoms with van der Waals surface area (Å²) in [5, 5.41) is 0. The normalized spacial score (nSPS) is 12.4. The number of rotatable bonds is 8. The van der Waals surface area contributed by atoms with E-state index in [0.717, 1.165) is 32.1 Å². The summed E-state index contributed by atoms with van der Waals surface area (Å²) in [6, 6.07) is 5.15. The predicted molar refractivity (Wildman–Crippen MR) is 77.4 cm³/mol. The lowest BCUT2D eigenvalue weighted by Crippen LogP contribution is -2.28. The van der Waals surface area contributed by atoms with E-state index in [0.29, 0.717) is 10.0 Å². The molecule has 1 aromatic rings. The molecule has 0 aliphatic heterocycles. The van der Waals surface area contributed by atoms with Crippen molar-refractivity contribution in [3.8, 4) is 0 Å². The van der Waals surface area contributed by atoms with Gasteiger partial charge in [-0.2, -0.15) is 0 Å². The first-order chi connectivity index (χ1) is 8.70. The van der Waals surface area contributed by atoms with E-state index >= 15 is 0 Å². The lowest BCUT2D eigenvalue weighted by atomic mass is 10.00. The summed E-state index contributed by atoms with van der Waals surface area (Å²) in [5.41, 5.74) is 3.32. The average molecular weight is 315 g/mol. The smallest absolute Gasteiger partial charge is 0.142 e. The summed E-state index contributed by atoms with van der Waals surface area (Å²) in [7, 11) is 0. The highest BCUT2D eigenvalue weighted by Gasteiger charge is 2.15. The number of allylic oxidation sites excluding steroid dienone is 1. The molecule has 4 heteroatoms. The Morgan fingerprint density at radius 1 is 1.39 bits per heavy atom. The van der Waals surface area contributed by atoms with Crippen LogP contribution in [0.4, 0.5) is 4.39 Å². The highest BCUT2D eigenvalue weighted by molar-refractivity contribution is 9.10. The van der Waals surface area contributed by atoms with Crippen LogP contribution in [0.1, 0.15) is 43.7 Å². The molecule has 0 spiro atoms. The Kier molecular flexibility index (Phi) is 7.16. The molecule has 2 nitrogen and oxygen atoms in total. The van der Waals surface area contributed by atoms with Crippen LogP contribution in [0.5, 0.6) is 0 Å². The highest BCUT2D eigenvalue weighted by Crippen LogP contribution is 2.26. The summed E-state index contributed by atoms with van der Waals surface area (Å²) < 4.78 is 14.4. The summed E-state index contributed by atoms with van der Waals surface area (Å²) in [6.45, 7) is 3.69. The topological polar surface area (TPSA) is 38.0 Å². The molecule has 18 heavy (non-hydrogen) atoms. The molecule has 100 valence electrons. The maximum atomic E-state index is 13.9. The van der Waals surface area contributed by atoms with Gasteiger partial charge in [-0.3, -0.25) is 11.3 Å². The van der Waals surface area contributed by atoms with Gasteiger partial charge in [0.2, 0.25) is 0 Å². The van der Waals surface area contributed by atoms with E-state index < -0.39 is 0 Å². The second-order valence-corrected chi connectivity index (χ2v) is 5.14. The van der Waals surface area contributed by atoms with Gasteiger partial charge in [0.25, 0.3) is 0 Å². The molecule has 0 aliphatic rings.